The fraction of sp³-hybridized carbons (Fsp3) is 0.792. The molecule has 3 aliphatic rings. The Hall–Kier alpha value is -1.93. The predicted octanol–water partition coefficient (Wildman–Crippen LogP) is 2.59. The second-order valence-corrected chi connectivity index (χ2v) is 10.0. The predicted molar refractivity (Wildman–Crippen MR) is 125 cm³/mol. The van der Waals surface area contributed by atoms with E-state index in [9.17, 15) is 9.59 Å². The first-order valence-corrected chi connectivity index (χ1v) is 12.6. The van der Waals surface area contributed by atoms with Gasteiger partial charge >= 0.3 is 0 Å². The molecule has 1 N–H and O–H groups in total. The van der Waals surface area contributed by atoms with Crippen molar-refractivity contribution in [2.45, 2.75) is 70.9 Å². The molecule has 0 bridgehead atoms. The van der Waals surface area contributed by atoms with E-state index in [0.717, 1.165) is 70.6 Å². The number of carbonyl (C=O) groups excluding carboxylic acids is 2. The molecule has 3 aliphatic heterocycles. The Kier molecular flexibility index (Phi) is 7.84. The molecule has 3 fully saturated rings. The number of anilines is 1. The van der Waals surface area contributed by atoms with Crippen LogP contribution in [0.4, 0.5) is 5.82 Å². The molecule has 178 valence electrons. The van der Waals surface area contributed by atoms with Crippen LogP contribution in [0.25, 0.3) is 0 Å². The monoisotopic (exact) mass is 444 g/mol. The minimum Gasteiger partial charge on any atom is -0.342 e. The SMILES string of the molecule is CC(C)n1nccc1NC(=O)CN1CCCC[C@@H]1C1CCN(CC(=O)N2CCCC2)CC1. The maximum Gasteiger partial charge on any atom is 0.239 e. The van der Waals surface area contributed by atoms with Gasteiger partial charge in [0.2, 0.25) is 11.8 Å². The molecule has 0 aromatic carbocycles. The number of hydrogen-bond donors (Lipinski definition) is 1. The van der Waals surface area contributed by atoms with Crippen molar-refractivity contribution in [2.24, 2.45) is 5.92 Å². The van der Waals surface area contributed by atoms with Crippen LogP contribution in [0, 0.1) is 5.92 Å². The average molecular weight is 445 g/mol. The average Bonchev–Trinajstić information content (AvgIpc) is 3.47. The van der Waals surface area contributed by atoms with Crippen LogP contribution >= 0.6 is 0 Å². The van der Waals surface area contributed by atoms with Gasteiger partial charge in [-0.25, -0.2) is 4.68 Å². The van der Waals surface area contributed by atoms with Crippen molar-refractivity contribution < 1.29 is 9.59 Å². The molecule has 32 heavy (non-hydrogen) atoms. The molecule has 3 saturated heterocycles. The Morgan fingerprint density at radius 2 is 1.72 bits per heavy atom. The second kappa shape index (κ2) is 10.8. The number of nitrogens with one attached hydrogen (secondary N) is 1. The summed E-state index contributed by atoms with van der Waals surface area (Å²) >= 11 is 0. The van der Waals surface area contributed by atoms with Crippen LogP contribution in [0.2, 0.25) is 0 Å². The Morgan fingerprint density at radius 1 is 1.00 bits per heavy atom. The number of amides is 2. The van der Waals surface area contributed by atoms with Crippen LogP contribution in [-0.4, -0.2) is 88.1 Å². The summed E-state index contributed by atoms with van der Waals surface area (Å²) in [5.74, 6) is 1.74. The standard InChI is InChI=1S/C24H40N6O2/c1-19(2)30-22(8-11-25-30)26-23(31)17-29-14-4-3-7-21(29)20-9-15-27(16-10-20)18-24(32)28-12-5-6-13-28/h8,11,19-21H,3-7,9-10,12-18H2,1-2H3,(H,26,31)/t21-/m1/s1. The highest BCUT2D eigenvalue weighted by Crippen LogP contribution is 2.30. The van der Waals surface area contributed by atoms with Gasteiger partial charge in [-0.05, 0) is 77.9 Å². The van der Waals surface area contributed by atoms with Gasteiger partial charge in [0.25, 0.3) is 0 Å². The maximum absolute atomic E-state index is 12.8. The van der Waals surface area contributed by atoms with Gasteiger partial charge in [-0.15, -0.1) is 0 Å². The number of piperidine rings is 2. The lowest BCUT2D eigenvalue weighted by Crippen LogP contribution is -2.51. The van der Waals surface area contributed by atoms with E-state index >= 15 is 0 Å². The van der Waals surface area contributed by atoms with Crippen LogP contribution in [0.15, 0.2) is 12.3 Å². The third-order valence-corrected chi connectivity index (χ3v) is 7.43. The number of aromatic nitrogens is 2. The molecule has 2 amide bonds. The molecule has 0 saturated carbocycles. The van der Waals surface area contributed by atoms with Gasteiger partial charge in [0, 0.05) is 31.2 Å². The molecule has 1 aromatic heterocycles. The van der Waals surface area contributed by atoms with E-state index < -0.39 is 0 Å². The normalized spacial score (nSPS) is 23.7. The van der Waals surface area contributed by atoms with Crippen LogP contribution < -0.4 is 5.32 Å². The first-order chi connectivity index (χ1) is 15.5. The topological polar surface area (TPSA) is 73.7 Å². The molecule has 0 unspecified atom stereocenters. The van der Waals surface area contributed by atoms with Gasteiger partial charge in [0.05, 0.1) is 19.3 Å². The molecule has 1 atom stereocenters. The van der Waals surface area contributed by atoms with Crippen molar-refractivity contribution in [3.63, 3.8) is 0 Å². The van der Waals surface area contributed by atoms with Gasteiger partial charge in [-0.1, -0.05) is 6.42 Å². The molecule has 0 aliphatic carbocycles. The molecule has 8 heteroatoms. The van der Waals surface area contributed by atoms with Gasteiger partial charge in [0.1, 0.15) is 5.82 Å². The van der Waals surface area contributed by atoms with E-state index in [1.165, 1.54) is 12.8 Å². The summed E-state index contributed by atoms with van der Waals surface area (Å²) in [6.45, 7) is 10.0. The van der Waals surface area contributed by atoms with Gasteiger partial charge in [-0.2, -0.15) is 5.10 Å². The molecule has 1 aromatic rings. The maximum atomic E-state index is 12.8. The summed E-state index contributed by atoms with van der Waals surface area (Å²) in [6.07, 6.45) is 9.87. The minimum absolute atomic E-state index is 0.0490. The van der Waals surface area contributed by atoms with Crippen molar-refractivity contribution in [1.29, 1.82) is 0 Å². The van der Waals surface area contributed by atoms with Crippen molar-refractivity contribution >= 4 is 17.6 Å². The quantitative estimate of drug-likeness (QED) is 0.700. The summed E-state index contributed by atoms with van der Waals surface area (Å²) in [4.78, 5) is 32.1. The summed E-state index contributed by atoms with van der Waals surface area (Å²) in [6, 6.07) is 2.55. The summed E-state index contributed by atoms with van der Waals surface area (Å²) in [7, 11) is 0. The number of rotatable bonds is 7. The lowest BCUT2D eigenvalue weighted by Gasteiger charge is -2.43. The number of carbonyl (C=O) groups is 2. The van der Waals surface area contributed by atoms with E-state index in [1.54, 1.807) is 6.20 Å². The molecule has 4 rings (SSSR count). The lowest BCUT2D eigenvalue weighted by molar-refractivity contribution is -0.132. The first-order valence-electron chi connectivity index (χ1n) is 12.6. The zero-order chi connectivity index (χ0) is 22.5. The Labute approximate surface area is 192 Å². The summed E-state index contributed by atoms with van der Waals surface area (Å²) < 4.78 is 1.85. The highest BCUT2D eigenvalue weighted by atomic mass is 16.2. The van der Waals surface area contributed by atoms with Crippen LogP contribution in [0.5, 0.6) is 0 Å². The molecule has 8 nitrogen and oxygen atoms in total. The van der Waals surface area contributed by atoms with Crippen molar-refractivity contribution in [2.75, 3.05) is 51.1 Å². The van der Waals surface area contributed by atoms with E-state index in [2.05, 4.69) is 34.1 Å². The van der Waals surface area contributed by atoms with Crippen LogP contribution in [0.1, 0.15) is 64.8 Å². The summed E-state index contributed by atoms with van der Waals surface area (Å²) in [5, 5.41) is 7.38. The largest absolute Gasteiger partial charge is 0.342 e. The third kappa shape index (κ3) is 5.70. The van der Waals surface area contributed by atoms with Crippen molar-refractivity contribution in [3.8, 4) is 0 Å². The summed E-state index contributed by atoms with van der Waals surface area (Å²) in [5.41, 5.74) is 0. The molecule has 4 heterocycles. The van der Waals surface area contributed by atoms with Gasteiger partial charge in [0.15, 0.2) is 0 Å². The van der Waals surface area contributed by atoms with E-state index in [4.69, 9.17) is 0 Å². The number of hydrogen-bond acceptors (Lipinski definition) is 5. The fourth-order valence-electron chi connectivity index (χ4n) is 5.69. The highest BCUT2D eigenvalue weighted by Gasteiger charge is 2.34. The molecular weight excluding hydrogens is 404 g/mol. The third-order valence-electron chi connectivity index (χ3n) is 7.43. The van der Waals surface area contributed by atoms with E-state index in [1.807, 2.05) is 15.6 Å². The minimum atomic E-state index is 0.0490. The van der Waals surface area contributed by atoms with Crippen molar-refractivity contribution in [3.05, 3.63) is 12.3 Å². The van der Waals surface area contributed by atoms with Gasteiger partial charge < -0.3 is 10.2 Å². The molecule has 0 spiro atoms. The number of likely N-dealkylation sites (tertiary alicyclic amines) is 3. The van der Waals surface area contributed by atoms with Gasteiger partial charge in [-0.3, -0.25) is 19.4 Å². The lowest BCUT2D eigenvalue weighted by atomic mass is 9.83. The molecule has 0 radical (unpaired) electrons. The highest BCUT2D eigenvalue weighted by molar-refractivity contribution is 5.91. The van der Waals surface area contributed by atoms with Crippen molar-refractivity contribution in [1.82, 2.24) is 24.5 Å². The van der Waals surface area contributed by atoms with E-state index in [-0.39, 0.29) is 11.9 Å². The smallest absolute Gasteiger partial charge is 0.239 e. The Balaban J connectivity index is 1.27. The number of nitrogens with zero attached hydrogens (tertiary/aromatic N) is 5. The van der Waals surface area contributed by atoms with E-state index in [0.29, 0.717) is 31.0 Å². The Morgan fingerprint density at radius 3 is 2.44 bits per heavy atom. The molecular formula is C24H40N6O2. The first kappa shape index (κ1) is 23.2. The zero-order valence-corrected chi connectivity index (χ0v) is 19.8. The Bertz CT molecular complexity index is 764. The second-order valence-electron chi connectivity index (χ2n) is 10.0. The zero-order valence-electron chi connectivity index (χ0n) is 19.8. The van der Waals surface area contributed by atoms with Crippen LogP contribution in [-0.2, 0) is 9.59 Å². The fourth-order valence-corrected chi connectivity index (χ4v) is 5.69. The van der Waals surface area contributed by atoms with Crippen LogP contribution in [0.3, 0.4) is 0 Å².